The highest BCUT2D eigenvalue weighted by atomic mass is 32.2. The van der Waals surface area contributed by atoms with Crippen LogP contribution in [0.2, 0.25) is 0 Å². The van der Waals surface area contributed by atoms with Crippen molar-refractivity contribution in [1.29, 1.82) is 0 Å². The van der Waals surface area contributed by atoms with E-state index in [1.165, 1.54) is 25.7 Å². The highest BCUT2D eigenvalue weighted by Crippen LogP contribution is 2.30. The van der Waals surface area contributed by atoms with Crippen molar-refractivity contribution in [2.75, 3.05) is 25.1 Å². The van der Waals surface area contributed by atoms with E-state index in [-0.39, 0.29) is 0 Å². The zero-order valence-corrected chi connectivity index (χ0v) is 10.9. The van der Waals surface area contributed by atoms with Gasteiger partial charge < -0.3 is 4.90 Å². The third-order valence-electron chi connectivity index (χ3n) is 3.71. The van der Waals surface area contributed by atoms with Crippen LogP contribution in [-0.2, 0) is 4.79 Å². The number of hydrogen-bond acceptors (Lipinski definition) is 3. The number of nitrogens with zero attached hydrogens (tertiary/aromatic N) is 1. The van der Waals surface area contributed by atoms with E-state index in [0.29, 0.717) is 24.5 Å². The highest BCUT2D eigenvalue weighted by molar-refractivity contribution is 7.98. The monoisotopic (exact) mass is 242 g/mol. The van der Waals surface area contributed by atoms with E-state index in [4.69, 9.17) is 0 Å². The molecule has 0 radical (unpaired) electrons. The molecule has 2 fully saturated rings. The zero-order chi connectivity index (χ0) is 11.4. The van der Waals surface area contributed by atoms with Crippen molar-refractivity contribution in [3.05, 3.63) is 0 Å². The quantitative estimate of drug-likeness (QED) is 0.745. The second kappa shape index (κ2) is 5.92. The van der Waals surface area contributed by atoms with Gasteiger partial charge in [-0.15, -0.1) is 0 Å². The minimum Gasteiger partial charge on any atom is -0.326 e. The van der Waals surface area contributed by atoms with Gasteiger partial charge in [0.1, 0.15) is 0 Å². The summed E-state index contributed by atoms with van der Waals surface area (Å²) < 4.78 is 0. The van der Waals surface area contributed by atoms with Gasteiger partial charge in [-0.2, -0.15) is 11.8 Å². The molecule has 4 heteroatoms. The SMILES string of the molecule is CSCCCN1C(=O)CNC1C1CCCC1. The van der Waals surface area contributed by atoms with Crippen LogP contribution in [-0.4, -0.2) is 42.1 Å². The Kier molecular flexibility index (Phi) is 4.53. The van der Waals surface area contributed by atoms with Crippen LogP contribution in [0.1, 0.15) is 32.1 Å². The van der Waals surface area contributed by atoms with Crippen molar-refractivity contribution >= 4 is 17.7 Å². The van der Waals surface area contributed by atoms with E-state index < -0.39 is 0 Å². The molecular formula is C12H22N2OS. The van der Waals surface area contributed by atoms with E-state index in [1.807, 2.05) is 11.8 Å². The second-order valence-electron chi connectivity index (χ2n) is 4.80. The first-order valence-electron chi connectivity index (χ1n) is 6.34. The number of thioether (sulfide) groups is 1. The molecule has 1 heterocycles. The van der Waals surface area contributed by atoms with Crippen LogP contribution < -0.4 is 5.32 Å². The summed E-state index contributed by atoms with van der Waals surface area (Å²) in [6.45, 7) is 1.49. The molecule has 0 aromatic rings. The smallest absolute Gasteiger partial charge is 0.237 e. The second-order valence-corrected chi connectivity index (χ2v) is 5.79. The van der Waals surface area contributed by atoms with Gasteiger partial charge in [0, 0.05) is 6.54 Å². The molecule has 2 aliphatic rings. The van der Waals surface area contributed by atoms with E-state index in [2.05, 4.69) is 16.5 Å². The van der Waals surface area contributed by atoms with Gasteiger partial charge in [0.05, 0.1) is 12.7 Å². The highest BCUT2D eigenvalue weighted by Gasteiger charge is 2.36. The molecule has 16 heavy (non-hydrogen) atoms. The molecule has 92 valence electrons. The Balaban J connectivity index is 1.87. The lowest BCUT2D eigenvalue weighted by molar-refractivity contribution is -0.128. The summed E-state index contributed by atoms with van der Waals surface area (Å²) in [5.41, 5.74) is 0. The summed E-state index contributed by atoms with van der Waals surface area (Å²) in [6, 6.07) is 0. The Morgan fingerprint density at radius 3 is 2.88 bits per heavy atom. The van der Waals surface area contributed by atoms with E-state index in [9.17, 15) is 4.79 Å². The first kappa shape index (κ1) is 12.2. The number of amides is 1. The summed E-state index contributed by atoms with van der Waals surface area (Å²) in [4.78, 5) is 13.9. The van der Waals surface area contributed by atoms with Crippen molar-refractivity contribution in [3.8, 4) is 0 Å². The number of nitrogens with one attached hydrogen (secondary N) is 1. The number of carbonyl (C=O) groups is 1. The van der Waals surface area contributed by atoms with Gasteiger partial charge in [-0.25, -0.2) is 0 Å². The Morgan fingerprint density at radius 2 is 2.19 bits per heavy atom. The maximum atomic E-state index is 11.8. The van der Waals surface area contributed by atoms with Crippen molar-refractivity contribution in [2.45, 2.75) is 38.3 Å². The van der Waals surface area contributed by atoms with Crippen LogP contribution in [0.25, 0.3) is 0 Å². The van der Waals surface area contributed by atoms with Crippen LogP contribution in [0.3, 0.4) is 0 Å². The van der Waals surface area contributed by atoms with Crippen LogP contribution >= 0.6 is 11.8 Å². The lowest BCUT2D eigenvalue weighted by atomic mass is 10.0. The number of hydrogen-bond donors (Lipinski definition) is 1. The summed E-state index contributed by atoms with van der Waals surface area (Å²) in [6.07, 6.45) is 8.87. The average molecular weight is 242 g/mol. The summed E-state index contributed by atoms with van der Waals surface area (Å²) in [5.74, 6) is 2.17. The first-order chi connectivity index (χ1) is 7.83. The normalized spacial score (nSPS) is 26.9. The summed E-state index contributed by atoms with van der Waals surface area (Å²) in [7, 11) is 0. The van der Waals surface area contributed by atoms with Gasteiger partial charge in [0.2, 0.25) is 5.91 Å². The van der Waals surface area contributed by atoms with Gasteiger partial charge in [0.25, 0.3) is 0 Å². The Hall–Kier alpha value is -0.220. The molecule has 2 rings (SSSR count). The molecule has 3 nitrogen and oxygen atoms in total. The van der Waals surface area contributed by atoms with Crippen LogP contribution in [0, 0.1) is 5.92 Å². The average Bonchev–Trinajstić information content (AvgIpc) is 2.89. The molecule has 1 atom stereocenters. The van der Waals surface area contributed by atoms with Crippen molar-refractivity contribution in [1.82, 2.24) is 10.2 Å². The van der Waals surface area contributed by atoms with Crippen LogP contribution in [0.5, 0.6) is 0 Å². The minimum absolute atomic E-state index is 0.304. The topological polar surface area (TPSA) is 32.3 Å². The largest absolute Gasteiger partial charge is 0.326 e. The first-order valence-corrected chi connectivity index (χ1v) is 7.74. The fourth-order valence-corrected chi connectivity index (χ4v) is 3.31. The fraction of sp³-hybridized carbons (Fsp3) is 0.917. The third-order valence-corrected chi connectivity index (χ3v) is 4.41. The molecule has 1 unspecified atom stereocenters. The molecule has 0 aromatic heterocycles. The maximum Gasteiger partial charge on any atom is 0.237 e. The lowest BCUT2D eigenvalue weighted by Crippen LogP contribution is -2.43. The van der Waals surface area contributed by atoms with Gasteiger partial charge in [-0.3, -0.25) is 10.1 Å². The molecule has 1 saturated heterocycles. The zero-order valence-electron chi connectivity index (χ0n) is 10.1. The van der Waals surface area contributed by atoms with E-state index in [0.717, 1.165) is 18.7 Å². The van der Waals surface area contributed by atoms with Crippen molar-refractivity contribution in [3.63, 3.8) is 0 Å². The standard InChI is InChI=1S/C12H22N2OS/c1-16-8-4-7-14-11(15)9-13-12(14)10-5-2-3-6-10/h10,12-13H,2-9H2,1H3. The van der Waals surface area contributed by atoms with Gasteiger partial charge in [-0.05, 0) is 37.2 Å². The van der Waals surface area contributed by atoms with E-state index >= 15 is 0 Å². The summed E-state index contributed by atoms with van der Waals surface area (Å²) >= 11 is 1.86. The van der Waals surface area contributed by atoms with E-state index in [1.54, 1.807) is 0 Å². The van der Waals surface area contributed by atoms with Crippen molar-refractivity contribution < 1.29 is 4.79 Å². The predicted octanol–water partition coefficient (Wildman–Crippen LogP) is 1.69. The Labute approximate surface area is 102 Å². The van der Waals surface area contributed by atoms with Crippen molar-refractivity contribution in [2.24, 2.45) is 5.92 Å². The molecule has 1 aliphatic heterocycles. The Bertz CT molecular complexity index is 241. The van der Waals surface area contributed by atoms with Gasteiger partial charge >= 0.3 is 0 Å². The molecule has 1 aliphatic carbocycles. The minimum atomic E-state index is 0.304. The number of carbonyl (C=O) groups excluding carboxylic acids is 1. The van der Waals surface area contributed by atoms with Crippen LogP contribution in [0.4, 0.5) is 0 Å². The molecule has 1 saturated carbocycles. The summed E-state index contributed by atoms with van der Waals surface area (Å²) in [5, 5.41) is 3.39. The molecular weight excluding hydrogens is 220 g/mol. The van der Waals surface area contributed by atoms with Gasteiger partial charge in [-0.1, -0.05) is 12.8 Å². The van der Waals surface area contributed by atoms with Gasteiger partial charge in [0.15, 0.2) is 0 Å². The Morgan fingerprint density at radius 1 is 1.44 bits per heavy atom. The third kappa shape index (κ3) is 2.72. The molecule has 1 N–H and O–H groups in total. The molecule has 0 aromatic carbocycles. The maximum absolute atomic E-state index is 11.8. The number of rotatable bonds is 5. The molecule has 0 bridgehead atoms. The lowest BCUT2D eigenvalue weighted by Gasteiger charge is -2.29. The van der Waals surface area contributed by atoms with Crippen LogP contribution in [0.15, 0.2) is 0 Å². The molecule has 1 amide bonds. The fourth-order valence-electron chi connectivity index (χ4n) is 2.90. The molecule has 0 spiro atoms. The predicted molar refractivity (Wildman–Crippen MR) is 68.5 cm³/mol.